The van der Waals surface area contributed by atoms with Crippen molar-refractivity contribution in [2.24, 2.45) is 5.92 Å². The second-order valence-corrected chi connectivity index (χ2v) is 8.84. The van der Waals surface area contributed by atoms with Crippen molar-refractivity contribution in [2.75, 3.05) is 30.7 Å². The molecular formula is C27H25F3N6O2. The number of halogens is 3. The molecule has 2 heterocycles. The van der Waals surface area contributed by atoms with Crippen molar-refractivity contribution in [3.8, 4) is 28.7 Å². The number of nitriles is 1. The van der Waals surface area contributed by atoms with Crippen molar-refractivity contribution >= 4 is 17.5 Å². The molecule has 0 atom stereocenters. The molecule has 2 aromatic carbocycles. The van der Waals surface area contributed by atoms with E-state index in [9.17, 15) is 18.0 Å². The van der Waals surface area contributed by atoms with E-state index < -0.39 is 11.7 Å². The number of piperidine rings is 1. The van der Waals surface area contributed by atoms with Crippen molar-refractivity contribution in [2.45, 2.75) is 19.0 Å². The van der Waals surface area contributed by atoms with Crippen LogP contribution in [0.15, 0.2) is 67.0 Å². The minimum Gasteiger partial charge on any atom is -0.457 e. The molecule has 1 fully saturated rings. The van der Waals surface area contributed by atoms with E-state index in [2.05, 4.69) is 21.9 Å². The van der Waals surface area contributed by atoms with E-state index in [-0.39, 0.29) is 29.0 Å². The van der Waals surface area contributed by atoms with Gasteiger partial charge >= 0.3 is 6.18 Å². The first-order chi connectivity index (χ1) is 18.2. The number of carbonyl (C=O) groups excluding carboxylic acids is 1. The molecule has 196 valence electrons. The summed E-state index contributed by atoms with van der Waals surface area (Å²) in [6.07, 6.45) is -1.58. The number of alkyl halides is 3. The average molecular weight is 523 g/mol. The topological polar surface area (TPSA) is 117 Å². The molecule has 1 saturated heterocycles. The molecule has 1 aliphatic heterocycles. The van der Waals surface area contributed by atoms with Gasteiger partial charge in [0.15, 0.2) is 0 Å². The highest BCUT2D eigenvalue weighted by atomic mass is 19.4. The van der Waals surface area contributed by atoms with E-state index in [0.29, 0.717) is 42.3 Å². The van der Waals surface area contributed by atoms with Crippen LogP contribution in [-0.4, -0.2) is 40.4 Å². The number of hydrogen-bond donors (Lipinski definition) is 2. The Balaban J connectivity index is 1.42. The zero-order valence-corrected chi connectivity index (χ0v) is 20.3. The zero-order chi connectivity index (χ0) is 27.3. The van der Waals surface area contributed by atoms with Gasteiger partial charge in [-0.25, -0.2) is 9.97 Å². The van der Waals surface area contributed by atoms with Crippen LogP contribution < -0.4 is 15.8 Å². The number of nitrogens with two attached hydrogens (primary N) is 1. The van der Waals surface area contributed by atoms with Crippen LogP contribution in [0.2, 0.25) is 0 Å². The summed E-state index contributed by atoms with van der Waals surface area (Å²) >= 11 is 0. The van der Waals surface area contributed by atoms with Gasteiger partial charge in [0.1, 0.15) is 41.1 Å². The van der Waals surface area contributed by atoms with E-state index in [1.54, 1.807) is 35.2 Å². The standard InChI is InChI=1S/C27H25F3N6O2/c1-17(14-31)26(37)36-11-9-18(10-12-36)15-33-25-23(24(32)34-16-35-25)19-5-7-21(8-6-19)38-22-4-2-3-20(13-22)27(28,29)30/h2-8,13,16,18H,1,9-12,15H2,(H3,32,33,34,35). The van der Waals surface area contributed by atoms with Crippen molar-refractivity contribution in [1.82, 2.24) is 14.9 Å². The van der Waals surface area contributed by atoms with Gasteiger partial charge in [-0.3, -0.25) is 4.79 Å². The number of hydrogen-bond acceptors (Lipinski definition) is 7. The lowest BCUT2D eigenvalue weighted by Gasteiger charge is -2.32. The normalized spacial score (nSPS) is 14.0. The first kappa shape index (κ1) is 26.5. The van der Waals surface area contributed by atoms with Crippen LogP contribution in [0.25, 0.3) is 11.1 Å². The number of rotatable bonds is 7. The smallest absolute Gasteiger partial charge is 0.416 e. The van der Waals surface area contributed by atoms with Crippen molar-refractivity contribution in [3.05, 3.63) is 72.6 Å². The number of benzene rings is 2. The SMILES string of the molecule is C=C(C#N)C(=O)N1CCC(CNc2ncnc(N)c2-c2ccc(Oc3cccc(C(F)(F)F)c3)cc2)CC1. The Hall–Kier alpha value is -4.59. The minimum absolute atomic E-state index is 0.0612. The molecule has 1 aromatic heterocycles. The molecule has 0 aliphatic carbocycles. The van der Waals surface area contributed by atoms with Gasteiger partial charge < -0.3 is 20.7 Å². The number of nitrogens with one attached hydrogen (secondary N) is 1. The van der Waals surface area contributed by atoms with Crippen LogP contribution in [0.4, 0.5) is 24.8 Å². The lowest BCUT2D eigenvalue weighted by Crippen LogP contribution is -2.40. The van der Waals surface area contributed by atoms with Gasteiger partial charge in [-0.2, -0.15) is 18.4 Å². The van der Waals surface area contributed by atoms with Crippen molar-refractivity contribution in [1.29, 1.82) is 5.26 Å². The van der Waals surface area contributed by atoms with Gasteiger partial charge in [-0.05, 0) is 54.7 Å². The lowest BCUT2D eigenvalue weighted by molar-refractivity contribution is -0.137. The molecule has 11 heteroatoms. The fraction of sp³-hybridized carbons (Fsp3) is 0.259. The van der Waals surface area contributed by atoms with Crippen LogP contribution in [0.5, 0.6) is 11.5 Å². The number of likely N-dealkylation sites (tertiary alicyclic amines) is 1. The lowest BCUT2D eigenvalue weighted by atomic mass is 9.96. The highest BCUT2D eigenvalue weighted by molar-refractivity contribution is 5.96. The molecule has 1 aliphatic rings. The maximum Gasteiger partial charge on any atom is 0.416 e. The summed E-state index contributed by atoms with van der Waals surface area (Å²) < 4.78 is 44.6. The molecule has 0 radical (unpaired) electrons. The molecule has 38 heavy (non-hydrogen) atoms. The summed E-state index contributed by atoms with van der Waals surface area (Å²) in [6.45, 7) is 5.17. The van der Waals surface area contributed by atoms with Gasteiger partial charge in [0.2, 0.25) is 0 Å². The zero-order valence-electron chi connectivity index (χ0n) is 20.3. The fourth-order valence-corrected chi connectivity index (χ4v) is 4.20. The van der Waals surface area contributed by atoms with Crippen molar-refractivity contribution in [3.63, 3.8) is 0 Å². The predicted octanol–water partition coefficient (Wildman–Crippen LogP) is 5.27. The summed E-state index contributed by atoms with van der Waals surface area (Å²) in [5, 5.41) is 12.2. The van der Waals surface area contributed by atoms with Crippen LogP contribution in [0.3, 0.4) is 0 Å². The number of ether oxygens (including phenoxy) is 1. The third-order valence-corrected chi connectivity index (χ3v) is 6.27. The molecule has 1 amide bonds. The van der Waals surface area contributed by atoms with Gasteiger partial charge in [0, 0.05) is 19.6 Å². The second kappa shape index (κ2) is 11.2. The maximum absolute atomic E-state index is 13.0. The summed E-state index contributed by atoms with van der Waals surface area (Å²) in [4.78, 5) is 22.2. The number of nitrogens with zero attached hydrogens (tertiary/aromatic N) is 4. The summed E-state index contributed by atoms with van der Waals surface area (Å²) in [5.74, 6) is 1.19. The van der Waals surface area contributed by atoms with E-state index in [1.807, 2.05) is 0 Å². The highest BCUT2D eigenvalue weighted by Crippen LogP contribution is 2.35. The summed E-state index contributed by atoms with van der Waals surface area (Å²) in [7, 11) is 0. The van der Waals surface area contributed by atoms with Crippen LogP contribution >= 0.6 is 0 Å². The Morgan fingerprint density at radius 3 is 2.53 bits per heavy atom. The Morgan fingerprint density at radius 2 is 1.87 bits per heavy atom. The first-order valence-corrected chi connectivity index (χ1v) is 11.8. The van der Waals surface area contributed by atoms with Gasteiger partial charge in [-0.1, -0.05) is 24.8 Å². The van der Waals surface area contributed by atoms with E-state index in [4.69, 9.17) is 15.7 Å². The van der Waals surface area contributed by atoms with Gasteiger partial charge in [-0.15, -0.1) is 0 Å². The largest absolute Gasteiger partial charge is 0.457 e. The van der Waals surface area contributed by atoms with Crippen molar-refractivity contribution < 1.29 is 22.7 Å². The average Bonchev–Trinajstić information content (AvgIpc) is 2.91. The molecule has 4 rings (SSSR count). The third-order valence-electron chi connectivity index (χ3n) is 6.27. The Labute approximate surface area is 217 Å². The number of anilines is 2. The van der Waals surface area contributed by atoms with Crippen LogP contribution in [-0.2, 0) is 11.0 Å². The number of amides is 1. The number of aromatic nitrogens is 2. The molecule has 3 N–H and O–H groups in total. The van der Waals surface area contributed by atoms with E-state index in [1.165, 1.54) is 18.5 Å². The predicted molar refractivity (Wildman–Crippen MR) is 136 cm³/mol. The number of carbonyl (C=O) groups is 1. The first-order valence-electron chi connectivity index (χ1n) is 11.8. The van der Waals surface area contributed by atoms with Crippen LogP contribution in [0.1, 0.15) is 18.4 Å². The molecule has 0 spiro atoms. The molecule has 0 unspecified atom stereocenters. The second-order valence-electron chi connectivity index (χ2n) is 8.84. The Kier molecular flexibility index (Phi) is 7.81. The minimum atomic E-state index is -4.46. The van der Waals surface area contributed by atoms with Gasteiger partial charge in [0.05, 0.1) is 11.1 Å². The van der Waals surface area contributed by atoms with E-state index in [0.717, 1.165) is 25.0 Å². The van der Waals surface area contributed by atoms with E-state index >= 15 is 0 Å². The molecular weight excluding hydrogens is 497 g/mol. The Morgan fingerprint density at radius 1 is 1.16 bits per heavy atom. The quantitative estimate of drug-likeness (QED) is 0.321. The fourth-order valence-electron chi connectivity index (χ4n) is 4.20. The van der Waals surface area contributed by atoms with Crippen LogP contribution in [0, 0.1) is 17.2 Å². The number of nitrogen functional groups attached to an aromatic ring is 1. The molecule has 8 nitrogen and oxygen atoms in total. The Bertz CT molecular complexity index is 1360. The summed E-state index contributed by atoms with van der Waals surface area (Å²) in [6, 6.07) is 13.2. The highest BCUT2D eigenvalue weighted by Gasteiger charge is 2.30. The van der Waals surface area contributed by atoms with Gasteiger partial charge in [0.25, 0.3) is 5.91 Å². The maximum atomic E-state index is 13.0. The molecule has 0 saturated carbocycles. The molecule has 0 bridgehead atoms. The monoisotopic (exact) mass is 522 g/mol. The molecule has 3 aromatic rings. The third kappa shape index (κ3) is 6.21. The summed E-state index contributed by atoms with van der Waals surface area (Å²) in [5.41, 5.74) is 6.61.